The molecule has 0 bridgehead atoms. The molecular formula is C17H13Cl2N3OS. The van der Waals surface area contributed by atoms with E-state index in [1.807, 2.05) is 36.4 Å². The number of carbonyl (C=O) groups is 1. The van der Waals surface area contributed by atoms with Crippen molar-refractivity contribution in [3.8, 4) is 10.6 Å². The molecule has 4 nitrogen and oxygen atoms in total. The number of rotatable bonds is 5. The van der Waals surface area contributed by atoms with Crippen LogP contribution in [0.2, 0.25) is 10.0 Å². The summed E-state index contributed by atoms with van der Waals surface area (Å²) < 4.78 is 0. The summed E-state index contributed by atoms with van der Waals surface area (Å²) in [5, 5.41) is 13.4. The predicted octanol–water partition coefficient (Wildman–Crippen LogP) is 5.08. The Bertz CT molecular complexity index is 849. The van der Waals surface area contributed by atoms with E-state index in [9.17, 15) is 4.79 Å². The summed E-state index contributed by atoms with van der Waals surface area (Å²) in [5.74, 6) is -0.117. The second kappa shape index (κ2) is 7.75. The smallest absolute Gasteiger partial charge is 0.226 e. The first kappa shape index (κ1) is 16.9. The van der Waals surface area contributed by atoms with Gasteiger partial charge in [-0.1, -0.05) is 64.9 Å². The zero-order valence-corrected chi connectivity index (χ0v) is 14.8. The number of hydrogen-bond donors (Lipinski definition) is 1. The molecule has 1 heterocycles. The highest BCUT2D eigenvalue weighted by molar-refractivity contribution is 7.18. The number of hydrogen-bond acceptors (Lipinski definition) is 4. The zero-order valence-electron chi connectivity index (χ0n) is 12.5. The zero-order chi connectivity index (χ0) is 16.9. The number of amides is 1. The van der Waals surface area contributed by atoms with Crippen molar-refractivity contribution in [2.24, 2.45) is 0 Å². The van der Waals surface area contributed by atoms with Crippen molar-refractivity contribution in [2.75, 3.05) is 5.32 Å². The molecule has 0 unspecified atom stereocenters. The highest BCUT2D eigenvalue weighted by Crippen LogP contribution is 2.27. The minimum Gasteiger partial charge on any atom is -0.301 e. The molecule has 3 aromatic rings. The summed E-state index contributed by atoms with van der Waals surface area (Å²) in [6, 6.07) is 14.8. The van der Waals surface area contributed by atoms with Crippen molar-refractivity contribution in [2.45, 2.75) is 12.8 Å². The van der Waals surface area contributed by atoms with Crippen LogP contribution in [-0.4, -0.2) is 16.1 Å². The SMILES string of the molecule is O=C(CCc1ccccc1Cl)Nc1nnc(-c2ccc(Cl)cc2)s1. The van der Waals surface area contributed by atoms with Crippen LogP contribution in [0.15, 0.2) is 48.5 Å². The van der Waals surface area contributed by atoms with Crippen molar-refractivity contribution in [1.82, 2.24) is 10.2 Å². The van der Waals surface area contributed by atoms with E-state index < -0.39 is 0 Å². The maximum Gasteiger partial charge on any atom is 0.226 e. The van der Waals surface area contributed by atoms with Gasteiger partial charge in [-0.15, -0.1) is 10.2 Å². The lowest BCUT2D eigenvalue weighted by molar-refractivity contribution is -0.116. The molecule has 0 aliphatic carbocycles. The van der Waals surface area contributed by atoms with E-state index in [4.69, 9.17) is 23.2 Å². The molecule has 0 fully saturated rings. The lowest BCUT2D eigenvalue weighted by Crippen LogP contribution is -2.12. The molecule has 2 aromatic carbocycles. The quantitative estimate of drug-likeness (QED) is 0.673. The topological polar surface area (TPSA) is 54.9 Å². The number of aromatic nitrogens is 2. The van der Waals surface area contributed by atoms with Crippen LogP contribution in [0.4, 0.5) is 5.13 Å². The molecule has 122 valence electrons. The largest absolute Gasteiger partial charge is 0.301 e. The predicted molar refractivity (Wildman–Crippen MR) is 98.8 cm³/mol. The van der Waals surface area contributed by atoms with Gasteiger partial charge in [-0.05, 0) is 30.2 Å². The Labute approximate surface area is 153 Å². The molecular weight excluding hydrogens is 365 g/mol. The Morgan fingerprint density at radius 1 is 1.04 bits per heavy atom. The third-order valence-electron chi connectivity index (χ3n) is 3.34. The number of carbonyl (C=O) groups excluding carboxylic acids is 1. The van der Waals surface area contributed by atoms with Gasteiger partial charge < -0.3 is 5.32 Å². The van der Waals surface area contributed by atoms with Crippen LogP contribution >= 0.6 is 34.5 Å². The number of anilines is 1. The summed E-state index contributed by atoms with van der Waals surface area (Å²) >= 11 is 13.3. The van der Waals surface area contributed by atoms with Crippen molar-refractivity contribution < 1.29 is 4.79 Å². The van der Waals surface area contributed by atoms with Gasteiger partial charge in [0.05, 0.1) is 0 Å². The van der Waals surface area contributed by atoms with Gasteiger partial charge in [0.25, 0.3) is 0 Å². The number of aryl methyl sites for hydroxylation is 1. The Morgan fingerprint density at radius 3 is 2.54 bits per heavy atom. The van der Waals surface area contributed by atoms with E-state index in [1.54, 1.807) is 12.1 Å². The fourth-order valence-corrected chi connectivity index (χ4v) is 3.24. The Balaban J connectivity index is 1.59. The summed E-state index contributed by atoms with van der Waals surface area (Å²) in [7, 11) is 0. The fraction of sp³-hybridized carbons (Fsp3) is 0.118. The van der Waals surface area contributed by atoms with E-state index in [0.717, 1.165) is 16.1 Å². The van der Waals surface area contributed by atoms with Gasteiger partial charge >= 0.3 is 0 Å². The van der Waals surface area contributed by atoms with E-state index in [1.165, 1.54) is 11.3 Å². The maximum absolute atomic E-state index is 12.1. The molecule has 3 rings (SSSR count). The summed E-state index contributed by atoms with van der Waals surface area (Å²) in [6.07, 6.45) is 0.911. The van der Waals surface area contributed by atoms with E-state index in [2.05, 4.69) is 15.5 Å². The molecule has 0 saturated heterocycles. The lowest BCUT2D eigenvalue weighted by Gasteiger charge is -2.03. The molecule has 0 spiro atoms. The minimum atomic E-state index is -0.117. The minimum absolute atomic E-state index is 0.117. The lowest BCUT2D eigenvalue weighted by atomic mass is 10.1. The monoisotopic (exact) mass is 377 g/mol. The normalized spacial score (nSPS) is 10.6. The molecule has 1 N–H and O–H groups in total. The average molecular weight is 378 g/mol. The van der Waals surface area contributed by atoms with Crippen molar-refractivity contribution in [1.29, 1.82) is 0 Å². The van der Waals surface area contributed by atoms with E-state index in [0.29, 0.717) is 28.0 Å². The van der Waals surface area contributed by atoms with Gasteiger partial charge in [0, 0.05) is 22.0 Å². The van der Waals surface area contributed by atoms with Crippen LogP contribution in [0, 0.1) is 0 Å². The molecule has 0 radical (unpaired) electrons. The van der Waals surface area contributed by atoms with Crippen LogP contribution in [0.1, 0.15) is 12.0 Å². The summed E-state index contributed by atoms with van der Waals surface area (Å²) in [4.78, 5) is 12.1. The number of nitrogens with zero attached hydrogens (tertiary/aromatic N) is 2. The second-order valence-corrected chi connectivity index (χ2v) is 6.88. The number of halogens is 2. The summed E-state index contributed by atoms with van der Waals surface area (Å²) in [5.41, 5.74) is 1.86. The second-order valence-electron chi connectivity index (χ2n) is 5.06. The van der Waals surface area contributed by atoms with Gasteiger partial charge in [0.1, 0.15) is 5.01 Å². The molecule has 24 heavy (non-hydrogen) atoms. The summed E-state index contributed by atoms with van der Waals surface area (Å²) in [6.45, 7) is 0. The fourth-order valence-electron chi connectivity index (χ4n) is 2.11. The Morgan fingerprint density at radius 2 is 1.79 bits per heavy atom. The van der Waals surface area contributed by atoms with Gasteiger partial charge in [0.15, 0.2) is 0 Å². The molecule has 1 amide bonds. The van der Waals surface area contributed by atoms with Gasteiger partial charge in [-0.3, -0.25) is 4.79 Å². The number of benzene rings is 2. The average Bonchev–Trinajstić information content (AvgIpc) is 3.03. The third-order valence-corrected chi connectivity index (χ3v) is 4.85. The van der Waals surface area contributed by atoms with Crippen LogP contribution in [0.3, 0.4) is 0 Å². The van der Waals surface area contributed by atoms with Crippen LogP contribution < -0.4 is 5.32 Å². The van der Waals surface area contributed by atoms with Gasteiger partial charge in [0.2, 0.25) is 11.0 Å². The molecule has 0 saturated carbocycles. The van der Waals surface area contributed by atoms with Crippen LogP contribution in [0.5, 0.6) is 0 Å². The van der Waals surface area contributed by atoms with E-state index in [-0.39, 0.29) is 5.91 Å². The van der Waals surface area contributed by atoms with Crippen molar-refractivity contribution in [3.05, 3.63) is 64.1 Å². The standard InChI is InChI=1S/C17H13Cl2N3OS/c18-13-8-5-12(6-9-13)16-21-22-17(24-16)20-15(23)10-7-11-3-1-2-4-14(11)19/h1-6,8-9H,7,10H2,(H,20,22,23). The van der Waals surface area contributed by atoms with Crippen LogP contribution in [0.25, 0.3) is 10.6 Å². The van der Waals surface area contributed by atoms with Gasteiger partial charge in [-0.25, -0.2) is 0 Å². The highest BCUT2D eigenvalue weighted by atomic mass is 35.5. The Hall–Kier alpha value is -1.95. The number of nitrogens with one attached hydrogen (secondary N) is 1. The van der Waals surface area contributed by atoms with Crippen molar-refractivity contribution >= 4 is 45.6 Å². The third kappa shape index (κ3) is 4.32. The molecule has 1 aromatic heterocycles. The first-order chi connectivity index (χ1) is 11.6. The molecule has 0 atom stereocenters. The van der Waals surface area contributed by atoms with Crippen LogP contribution in [-0.2, 0) is 11.2 Å². The molecule has 7 heteroatoms. The van der Waals surface area contributed by atoms with E-state index >= 15 is 0 Å². The maximum atomic E-state index is 12.1. The first-order valence-corrected chi connectivity index (χ1v) is 8.82. The highest BCUT2D eigenvalue weighted by Gasteiger charge is 2.10. The molecule has 0 aliphatic rings. The first-order valence-electron chi connectivity index (χ1n) is 7.24. The molecule has 0 aliphatic heterocycles. The van der Waals surface area contributed by atoms with Gasteiger partial charge in [-0.2, -0.15) is 0 Å². The Kier molecular flexibility index (Phi) is 5.45. The van der Waals surface area contributed by atoms with Crippen molar-refractivity contribution in [3.63, 3.8) is 0 Å².